The van der Waals surface area contributed by atoms with E-state index in [0.29, 0.717) is 5.75 Å². The molecule has 0 spiro atoms. The Balaban J connectivity index is 3.02. The molecule has 0 aromatic carbocycles. The summed E-state index contributed by atoms with van der Waals surface area (Å²) in [5, 5.41) is 0. The van der Waals surface area contributed by atoms with Gasteiger partial charge in [-0.3, -0.25) is 0 Å². The second kappa shape index (κ2) is 2.70. The van der Waals surface area contributed by atoms with Crippen LogP contribution in [0, 0.1) is 0 Å². The van der Waals surface area contributed by atoms with Crippen molar-refractivity contribution in [2.24, 2.45) is 0 Å². The summed E-state index contributed by atoms with van der Waals surface area (Å²) in [5.41, 5.74) is -0.269. The molecule has 3 nitrogen and oxygen atoms in total. The first-order valence-electron chi connectivity index (χ1n) is 4.27. The van der Waals surface area contributed by atoms with Crippen LogP contribution in [0.15, 0.2) is 0 Å². The van der Waals surface area contributed by atoms with Gasteiger partial charge in [-0.15, -0.1) is 0 Å². The maximum Gasteiger partial charge on any atom is 0.214 e. The first-order chi connectivity index (χ1) is 5.25. The normalized spacial score (nSPS) is 30.8. The molecule has 1 saturated heterocycles. The lowest BCUT2D eigenvalue weighted by Gasteiger charge is -2.33. The molecule has 0 amide bonds. The van der Waals surface area contributed by atoms with Crippen LogP contribution in [0.2, 0.25) is 0 Å². The summed E-state index contributed by atoms with van der Waals surface area (Å²) in [7, 11) is -2.96. The largest absolute Gasteiger partial charge is 0.214 e. The molecule has 0 N–H and O–H groups in total. The third kappa shape index (κ3) is 1.64. The summed E-state index contributed by atoms with van der Waals surface area (Å²) < 4.78 is 24.7. The predicted molar refractivity (Wildman–Crippen MR) is 49.5 cm³/mol. The molecule has 0 radical (unpaired) electrons. The standard InChI is InChI=1S/C8H17NO2S/c1-7-5-6-12(10,11)9(7)8(2,3)4/h7H,5-6H2,1-4H3/t7-/m0/s1. The van der Waals surface area contributed by atoms with Crippen LogP contribution in [0.25, 0.3) is 0 Å². The van der Waals surface area contributed by atoms with Crippen molar-refractivity contribution in [2.75, 3.05) is 5.75 Å². The molecule has 1 aliphatic heterocycles. The quantitative estimate of drug-likeness (QED) is 0.577. The lowest BCUT2D eigenvalue weighted by atomic mass is 10.1. The van der Waals surface area contributed by atoms with Crippen LogP contribution in [0.1, 0.15) is 34.1 Å². The first kappa shape index (κ1) is 9.99. The maximum atomic E-state index is 11.5. The lowest BCUT2D eigenvalue weighted by molar-refractivity contribution is 0.215. The van der Waals surface area contributed by atoms with Crippen LogP contribution in [-0.4, -0.2) is 30.1 Å². The van der Waals surface area contributed by atoms with Crippen molar-refractivity contribution in [3.05, 3.63) is 0 Å². The zero-order valence-corrected chi connectivity index (χ0v) is 8.98. The third-order valence-electron chi connectivity index (χ3n) is 2.15. The van der Waals surface area contributed by atoms with Crippen LogP contribution >= 0.6 is 0 Å². The summed E-state index contributed by atoms with van der Waals surface area (Å²) in [6.45, 7) is 7.78. The molecule has 1 fully saturated rings. The van der Waals surface area contributed by atoms with Crippen LogP contribution < -0.4 is 0 Å². The molecule has 1 heterocycles. The fourth-order valence-corrected chi connectivity index (χ4v) is 4.21. The van der Waals surface area contributed by atoms with Crippen molar-refractivity contribution in [1.82, 2.24) is 4.31 Å². The monoisotopic (exact) mass is 191 g/mol. The van der Waals surface area contributed by atoms with Crippen molar-refractivity contribution >= 4 is 10.0 Å². The Labute approximate surface area is 74.8 Å². The van der Waals surface area contributed by atoms with E-state index in [9.17, 15) is 8.42 Å². The van der Waals surface area contributed by atoms with E-state index in [1.54, 1.807) is 4.31 Å². The number of sulfonamides is 1. The highest BCUT2D eigenvalue weighted by Crippen LogP contribution is 2.29. The van der Waals surface area contributed by atoms with E-state index in [0.717, 1.165) is 6.42 Å². The van der Waals surface area contributed by atoms with Gasteiger partial charge in [0, 0.05) is 11.6 Å². The zero-order valence-electron chi connectivity index (χ0n) is 8.16. The zero-order chi connectivity index (χ0) is 9.57. The molecule has 0 aliphatic carbocycles. The Kier molecular flexibility index (Phi) is 2.25. The van der Waals surface area contributed by atoms with Gasteiger partial charge < -0.3 is 0 Å². The Bertz CT molecular complexity index is 263. The molecule has 72 valence electrons. The average Bonchev–Trinajstić information content (AvgIpc) is 2.03. The Morgan fingerprint density at radius 1 is 1.33 bits per heavy atom. The first-order valence-corrected chi connectivity index (χ1v) is 5.88. The van der Waals surface area contributed by atoms with Crippen LogP contribution in [0.4, 0.5) is 0 Å². The third-order valence-corrected chi connectivity index (χ3v) is 4.41. The van der Waals surface area contributed by atoms with Gasteiger partial charge in [0.05, 0.1) is 5.75 Å². The van der Waals surface area contributed by atoms with E-state index in [-0.39, 0.29) is 11.6 Å². The second-order valence-corrected chi connectivity index (χ2v) is 6.39. The van der Waals surface area contributed by atoms with E-state index < -0.39 is 10.0 Å². The molecule has 12 heavy (non-hydrogen) atoms. The SMILES string of the molecule is C[C@H]1CCS(=O)(=O)N1C(C)(C)C. The van der Waals surface area contributed by atoms with Gasteiger partial charge in [-0.25, -0.2) is 8.42 Å². The van der Waals surface area contributed by atoms with E-state index in [4.69, 9.17) is 0 Å². The smallest absolute Gasteiger partial charge is 0.212 e. The summed E-state index contributed by atoms with van der Waals surface area (Å²) in [4.78, 5) is 0. The molecule has 1 aliphatic rings. The maximum absolute atomic E-state index is 11.5. The summed E-state index contributed by atoms with van der Waals surface area (Å²) in [6, 6.07) is 0.162. The van der Waals surface area contributed by atoms with Crippen LogP contribution in [0.3, 0.4) is 0 Å². The fourth-order valence-electron chi connectivity index (χ4n) is 1.89. The molecule has 0 saturated carbocycles. The highest BCUT2D eigenvalue weighted by atomic mass is 32.2. The topological polar surface area (TPSA) is 37.4 Å². The van der Waals surface area contributed by atoms with E-state index in [1.807, 2.05) is 27.7 Å². The van der Waals surface area contributed by atoms with Crippen molar-refractivity contribution in [1.29, 1.82) is 0 Å². The van der Waals surface area contributed by atoms with E-state index >= 15 is 0 Å². The van der Waals surface area contributed by atoms with Gasteiger partial charge in [0.2, 0.25) is 10.0 Å². The van der Waals surface area contributed by atoms with Gasteiger partial charge in [-0.1, -0.05) is 0 Å². The molecule has 1 rings (SSSR count). The molecule has 0 bridgehead atoms. The number of hydrogen-bond donors (Lipinski definition) is 0. The van der Waals surface area contributed by atoms with Gasteiger partial charge in [0.1, 0.15) is 0 Å². The minimum Gasteiger partial charge on any atom is -0.212 e. The Morgan fingerprint density at radius 3 is 2.00 bits per heavy atom. The van der Waals surface area contributed by atoms with Gasteiger partial charge >= 0.3 is 0 Å². The number of nitrogens with zero attached hydrogens (tertiary/aromatic N) is 1. The lowest BCUT2D eigenvalue weighted by Crippen LogP contribution is -2.45. The predicted octanol–water partition coefficient (Wildman–Crippen LogP) is 1.21. The van der Waals surface area contributed by atoms with Crippen LogP contribution in [-0.2, 0) is 10.0 Å². The molecule has 4 heteroatoms. The molecular formula is C8H17NO2S. The van der Waals surface area contributed by atoms with Gasteiger partial charge in [0.15, 0.2) is 0 Å². The highest BCUT2D eigenvalue weighted by molar-refractivity contribution is 7.89. The van der Waals surface area contributed by atoms with Crippen molar-refractivity contribution < 1.29 is 8.42 Å². The molecular weight excluding hydrogens is 174 g/mol. The summed E-state index contributed by atoms with van der Waals surface area (Å²) in [6.07, 6.45) is 0.763. The average molecular weight is 191 g/mol. The highest BCUT2D eigenvalue weighted by Gasteiger charge is 2.41. The van der Waals surface area contributed by atoms with E-state index in [2.05, 4.69) is 0 Å². The molecule has 0 aromatic heterocycles. The number of hydrogen-bond acceptors (Lipinski definition) is 2. The van der Waals surface area contributed by atoms with E-state index in [1.165, 1.54) is 0 Å². The minimum absolute atomic E-state index is 0.162. The van der Waals surface area contributed by atoms with Gasteiger partial charge in [-0.2, -0.15) is 4.31 Å². The summed E-state index contributed by atoms with van der Waals surface area (Å²) >= 11 is 0. The summed E-state index contributed by atoms with van der Waals surface area (Å²) in [5.74, 6) is 0.311. The van der Waals surface area contributed by atoms with Crippen LogP contribution in [0.5, 0.6) is 0 Å². The van der Waals surface area contributed by atoms with Crippen molar-refractivity contribution in [3.8, 4) is 0 Å². The van der Waals surface area contributed by atoms with Crippen molar-refractivity contribution in [2.45, 2.75) is 45.7 Å². The van der Waals surface area contributed by atoms with Gasteiger partial charge in [-0.05, 0) is 34.1 Å². The number of rotatable bonds is 0. The Morgan fingerprint density at radius 2 is 1.83 bits per heavy atom. The van der Waals surface area contributed by atoms with Crippen molar-refractivity contribution in [3.63, 3.8) is 0 Å². The molecule has 1 atom stereocenters. The fraction of sp³-hybridized carbons (Fsp3) is 1.00. The van der Waals surface area contributed by atoms with Gasteiger partial charge in [0.25, 0.3) is 0 Å². The minimum atomic E-state index is -2.96. The molecule has 0 aromatic rings. The molecule has 0 unspecified atom stereocenters. The second-order valence-electron chi connectivity index (χ2n) is 4.42. The Hall–Kier alpha value is -0.0900.